The van der Waals surface area contributed by atoms with Crippen molar-refractivity contribution in [3.8, 4) is 39.4 Å². The number of hydrogen-bond donors (Lipinski definition) is 1. The molecule has 2 aromatic heterocycles. The van der Waals surface area contributed by atoms with Gasteiger partial charge in [-0.05, 0) is 88.4 Å². The van der Waals surface area contributed by atoms with E-state index in [1.165, 1.54) is 16.7 Å². The first-order valence-electron chi connectivity index (χ1n) is 17.8. The molecule has 0 aliphatic rings. The van der Waals surface area contributed by atoms with Crippen LogP contribution in [0.1, 0.15) is 56.9 Å². The van der Waals surface area contributed by atoms with Gasteiger partial charge in [0.05, 0.1) is 5.69 Å². The van der Waals surface area contributed by atoms with Crippen LogP contribution < -0.4 is 4.90 Å². The number of anilines is 3. The minimum absolute atomic E-state index is 0. The van der Waals surface area contributed by atoms with E-state index >= 15 is 0 Å². The van der Waals surface area contributed by atoms with Crippen molar-refractivity contribution < 1.29 is 26.2 Å². The topological polar surface area (TPSA) is 49.2 Å². The van der Waals surface area contributed by atoms with Gasteiger partial charge >= 0.3 is 0 Å². The third-order valence-electron chi connectivity index (χ3n) is 9.85. The van der Waals surface area contributed by atoms with Gasteiger partial charge in [0.2, 0.25) is 0 Å². The normalized spacial score (nSPS) is 11.5. The minimum atomic E-state index is -0.173. The van der Waals surface area contributed by atoms with E-state index in [9.17, 15) is 5.11 Å². The summed E-state index contributed by atoms with van der Waals surface area (Å²) in [5.74, 6) is 0.983. The zero-order valence-electron chi connectivity index (χ0n) is 31.0. The first-order chi connectivity index (χ1) is 25.0. The van der Waals surface area contributed by atoms with Crippen LogP contribution in [-0.2, 0) is 31.9 Å². The van der Waals surface area contributed by atoms with E-state index < -0.39 is 0 Å². The van der Waals surface area contributed by atoms with E-state index in [4.69, 9.17) is 9.97 Å². The number of aromatic hydroxyl groups is 1. The van der Waals surface area contributed by atoms with E-state index in [1.807, 2.05) is 66.9 Å². The Bertz CT molecular complexity index is 2310. The maximum Gasteiger partial charge on any atom is 0.136 e. The second-order valence-corrected chi connectivity index (χ2v) is 15.0. The van der Waals surface area contributed by atoms with Crippen LogP contribution in [0.2, 0.25) is 0 Å². The van der Waals surface area contributed by atoms with Gasteiger partial charge in [-0.3, -0.25) is 4.98 Å². The molecule has 2 heterocycles. The number of hydrogen-bond acceptors (Lipinski definition) is 4. The Morgan fingerprint density at radius 1 is 0.604 bits per heavy atom. The summed E-state index contributed by atoms with van der Waals surface area (Å²) in [4.78, 5) is 12.2. The Kier molecular flexibility index (Phi) is 10.8. The van der Waals surface area contributed by atoms with Crippen LogP contribution in [0, 0.1) is 13.0 Å². The van der Waals surface area contributed by atoms with Crippen molar-refractivity contribution in [1.82, 2.24) is 9.97 Å². The molecule has 7 rings (SSSR count). The number of phenols is 1. The summed E-state index contributed by atoms with van der Waals surface area (Å²) >= 11 is 0. The fraction of sp³-hybridized carbons (Fsp3) is 0.167. The molecule has 5 heteroatoms. The number of benzene rings is 5. The maximum absolute atomic E-state index is 10.9. The molecule has 53 heavy (non-hydrogen) atoms. The van der Waals surface area contributed by atoms with E-state index in [0.717, 1.165) is 45.1 Å². The Morgan fingerprint density at radius 2 is 1.23 bits per heavy atom. The van der Waals surface area contributed by atoms with Crippen LogP contribution in [-0.4, -0.2) is 15.1 Å². The molecule has 5 aromatic carbocycles. The summed E-state index contributed by atoms with van der Waals surface area (Å²) in [6.45, 7) is 13.3. The fourth-order valence-electron chi connectivity index (χ4n) is 6.58. The third kappa shape index (κ3) is 8.04. The van der Waals surface area contributed by atoms with Gasteiger partial charge in [-0.15, -0.1) is 29.3 Å². The molecule has 0 aliphatic carbocycles. The van der Waals surface area contributed by atoms with Gasteiger partial charge in [-0.1, -0.05) is 131 Å². The number of phenolic OH excluding ortho intramolecular Hbond substituents is 1. The number of aromatic nitrogens is 2. The average molecular weight is 874 g/mol. The third-order valence-corrected chi connectivity index (χ3v) is 9.85. The molecule has 0 saturated heterocycles. The van der Waals surface area contributed by atoms with Gasteiger partial charge < -0.3 is 10.0 Å². The Morgan fingerprint density at radius 3 is 1.87 bits per heavy atom. The average Bonchev–Trinajstić information content (AvgIpc) is 3.16. The number of rotatable bonds is 8. The smallest absolute Gasteiger partial charge is 0.136 e. The molecule has 7 aromatic rings. The summed E-state index contributed by atoms with van der Waals surface area (Å²) in [7, 11) is 0. The maximum atomic E-state index is 10.9. The number of para-hydroxylation sites is 1. The van der Waals surface area contributed by atoms with Gasteiger partial charge in [-0.25, -0.2) is 4.98 Å². The molecule has 4 nitrogen and oxygen atoms in total. The molecule has 1 N–H and O–H groups in total. The first kappa shape index (κ1) is 37.4. The van der Waals surface area contributed by atoms with Crippen LogP contribution in [0.15, 0.2) is 152 Å². The summed E-state index contributed by atoms with van der Waals surface area (Å²) < 4.78 is 0. The van der Waals surface area contributed by atoms with Crippen LogP contribution in [0.5, 0.6) is 5.75 Å². The summed E-state index contributed by atoms with van der Waals surface area (Å²) in [6, 6.07) is 53.6. The van der Waals surface area contributed by atoms with Gasteiger partial charge in [0, 0.05) is 43.9 Å². The first-order valence-corrected chi connectivity index (χ1v) is 17.8. The Hall–Kier alpha value is -5.31. The van der Waals surface area contributed by atoms with E-state index in [0.29, 0.717) is 11.3 Å². The van der Waals surface area contributed by atoms with Crippen molar-refractivity contribution in [3.63, 3.8) is 0 Å². The predicted octanol–water partition coefficient (Wildman–Crippen LogP) is 12.4. The van der Waals surface area contributed by atoms with Crippen molar-refractivity contribution in [1.29, 1.82) is 0 Å². The van der Waals surface area contributed by atoms with Crippen molar-refractivity contribution in [2.45, 2.75) is 52.4 Å². The summed E-state index contributed by atoms with van der Waals surface area (Å²) in [5.41, 5.74) is 11.5. The van der Waals surface area contributed by atoms with E-state index in [1.54, 1.807) is 6.07 Å². The van der Waals surface area contributed by atoms with Crippen molar-refractivity contribution >= 4 is 17.2 Å². The molecule has 0 bridgehead atoms. The summed E-state index contributed by atoms with van der Waals surface area (Å²) in [6.07, 6.45) is 1.83. The molecule has 0 unspecified atom stereocenters. The molecule has 0 spiro atoms. The van der Waals surface area contributed by atoms with Crippen LogP contribution >= 0.6 is 0 Å². The monoisotopic (exact) mass is 873 g/mol. The Balaban J connectivity index is 0.00000481. The SMILES string of the molecule is Cc1ccc(C(C)(C)c2ccc(N(c3[c-]c(-c4cc(-c5ccccc5)cc(-c5ccccc5O)n4)cc(C(C)(C)C)c3)c3ccccn3)cc2)cc1.[Pt]. The zero-order valence-corrected chi connectivity index (χ0v) is 33.3. The number of pyridine rings is 2. The van der Waals surface area contributed by atoms with Crippen molar-refractivity contribution in [3.05, 3.63) is 180 Å². The van der Waals surface area contributed by atoms with E-state index in [-0.39, 0.29) is 37.6 Å². The molecule has 268 valence electrons. The zero-order chi connectivity index (χ0) is 36.5. The molecule has 0 radical (unpaired) electrons. The van der Waals surface area contributed by atoms with Gasteiger partial charge in [0.1, 0.15) is 11.6 Å². The largest absolute Gasteiger partial charge is 0.507 e. The molecule has 0 saturated carbocycles. The van der Waals surface area contributed by atoms with Gasteiger partial charge in [-0.2, -0.15) is 0 Å². The Labute approximate surface area is 328 Å². The molecular weight excluding hydrogens is 830 g/mol. The van der Waals surface area contributed by atoms with Gasteiger partial charge in [0.15, 0.2) is 0 Å². The molecule has 0 fully saturated rings. The second-order valence-electron chi connectivity index (χ2n) is 15.0. The predicted molar refractivity (Wildman–Crippen MR) is 216 cm³/mol. The minimum Gasteiger partial charge on any atom is -0.507 e. The van der Waals surface area contributed by atoms with E-state index in [2.05, 4.69) is 131 Å². The number of aryl methyl sites for hydroxylation is 1. The van der Waals surface area contributed by atoms with Crippen molar-refractivity contribution in [2.24, 2.45) is 0 Å². The standard InChI is InChI=1S/C48H44N3O.Pt/c1-33-19-21-37(22-20-33)48(5,6)38-23-25-40(26-24-38)51(46-18-12-13-27-49-46)41-29-36(28-39(32-41)47(2,3)4)43-30-35(34-14-8-7-9-15-34)31-44(50-43)42-16-10-11-17-45(42)52;/h7-28,30-32,52H,1-6H3;/q-1;. The van der Waals surface area contributed by atoms with Crippen molar-refractivity contribution in [2.75, 3.05) is 4.90 Å². The quantitative estimate of drug-likeness (QED) is 0.155. The molecule has 0 aliphatic heterocycles. The molecule has 0 atom stereocenters. The number of nitrogens with zero attached hydrogens (tertiary/aromatic N) is 3. The summed E-state index contributed by atoms with van der Waals surface area (Å²) in [5, 5.41) is 10.9. The van der Waals surface area contributed by atoms with Crippen LogP contribution in [0.3, 0.4) is 0 Å². The second kappa shape index (κ2) is 15.3. The fourth-order valence-corrected chi connectivity index (χ4v) is 6.58. The van der Waals surface area contributed by atoms with Gasteiger partial charge in [0.25, 0.3) is 0 Å². The molecule has 0 amide bonds. The molecular formula is C48H44N3OPt-. The van der Waals surface area contributed by atoms with Crippen LogP contribution in [0.4, 0.5) is 17.2 Å². The van der Waals surface area contributed by atoms with Crippen LogP contribution in [0.25, 0.3) is 33.6 Å².